The summed E-state index contributed by atoms with van der Waals surface area (Å²) in [6.07, 6.45) is 10.9. The summed E-state index contributed by atoms with van der Waals surface area (Å²) in [5.74, 6) is -5.42. The lowest BCUT2D eigenvalue weighted by atomic mass is 9.44. The molecule has 322 valence electrons. The van der Waals surface area contributed by atoms with Crippen LogP contribution in [-0.2, 0) is 24.7 Å². The highest BCUT2D eigenvalue weighted by Gasteiger charge is 2.80. The van der Waals surface area contributed by atoms with E-state index in [4.69, 9.17) is 14.9 Å². The number of aliphatic hydroxyl groups excluding tert-OH is 3. The zero-order valence-corrected chi connectivity index (χ0v) is 34.7. The zero-order valence-electron chi connectivity index (χ0n) is 34.7. The van der Waals surface area contributed by atoms with Gasteiger partial charge in [-0.2, -0.15) is 0 Å². The van der Waals surface area contributed by atoms with E-state index in [-0.39, 0.29) is 40.3 Å². The second-order valence-corrected chi connectivity index (χ2v) is 19.9. The molecule has 2 heterocycles. The molecule has 10 rings (SSSR count). The molecule has 1 aliphatic heterocycles. The van der Waals surface area contributed by atoms with Gasteiger partial charge in [0.1, 0.15) is 28.4 Å². The van der Waals surface area contributed by atoms with Crippen LogP contribution in [0.4, 0.5) is 0 Å². The molecule has 8 aliphatic rings. The lowest BCUT2D eigenvalue weighted by Gasteiger charge is -2.61. The molecule has 14 nitrogen and oxygen atoms in total. The number of primary amides is 1. The number of ketones is 2. The van der Waals surface area contributed by atoms with Crippen molar-refractivity contribution < 1.29 is 54.2 Å². The van der Waals surface area contributed by atoms with Crippen LogP contribution >= 0.6 is 0 Å². The molecule has 60 heavy (non-hydrogen) atoms. The van der Waals surface area contributed by atoms with Crippen molar-refractivity contribution in [3.8, 4) is 5.75 Å². The van der Waals surface area contributed by atoms with Crippen molar-refractivity contribution in [2.24, 2.45) is 46.2 Å². The number of Topliss-reactive ketones (excluding diaryl/α,β-unsaturated/α-hetero) is 2. The SMILES string of the molecule is CN(C)[C@@H]1C(=O)C(C(N)=O)=C(O)[C@@]2(O)C(=O)C3=C(O)c4c(O)cccc4[C@@](C)(O)[C@H]3C[C@@H]12.C[C@]12CC[C@H](O)C[C@H]1CC[C@@H]1[C@@H]2CC[C@]2(C)[C@@H](c3ccc(=O)oc3)C[C@H]3O[C@]132. The van der Waals surface area contributed by atoms with E-state index >= 15 is 0 Å². The lowest BCUT2D eigenvalue weighted by Crippen LogP contribution is -2.67. The quantitative estimate of drug-likeness (QED) is 0.172. The molecule has 14 heteroatoms. The number of aromatic hydroxyl groups is 1. The summed E-state index contributed by atoms with van der Waals surface area (Å²) in [6, 6.07) is 6.57. The van der Waals surface area contributed by atoms with Gasteiger partial charge < -0.3 is 45.5 Å². The summed E-state index contributed by atoms with van der Waals surface area (Å²) in [4.78, 5) is 51.4. The number of rotatable bonds is 3. The van der Waals surface area contributed by atoms with Crippen molar-refractivity contribution >= 4 is 23.2 Å². The van der Waals surface area contributed by atoms with Crippen LogP contribution in [0.2, 0.25) is 0 Å². The van der Waals surface area contributed by atoms with Gasteiger partial charge in [0.2, 0.25) is 5.78 Å². The number of aliphatic hydroxyl groups is 5. The smallest absolute Gasteiger partial charge is 0.335 e. The maximum atomic E-state index is 13.7. The van der Waals surface area contributed by atoms with Gasteiger partial charge in [-0.3, -0.25) is 19.3 Å². The summed E-state index contributed by atoms with van der Waals surface area (Å²) in [5.41, 5.74) is 0.894. The standard InChI is InChI=1S/C24H32O4.C22H24N2O8/c1-22-9-7-16(25)11-15(22)4-5-18-17(22)8-10-23(2)19(12-20-24(18,23)28-20)14-3-6-21(26)27-13-14;1-21(31)8-5-4-6-11(25)12(8)16(26)13-9(21)7-10-15(24(2)3)17(27)14(20(23)30)19(29)22(10,32)18(13)28/h3,6,13,15-20,25H,4-5,7-12H2,1-2H3;4-6,9-10,15,25-26,29,31-32H,7H2,1-3H3,(H2,23,30)/t15-,16+,17+,18-,19-,20-,22+,23-,24-;9-,10-,15-,21+,22-/m10/s1. The van der Waals surface area contributed by atoms with Crippen LogP contribution in [-0.4, -0.2) is 96.6 Å². The average Bonchev–Trinajstić information content (AvgIpc) is 3.84. The van der Waals surface area contributed by atoms with Crippen LogP contribution < -0.4 is 11.4 Å². The molecule has 0 radical (unpaired) electrons. The Kier molecular flexibility index (Phi) is 9.12. The normalized spacial score (nSPS) is 43.6. The molecule has 5 saturated carbocycles. The number of nitrogens with zero attached hydrogens (tertiary/aromatic N) is 1. The number of amides is 1. The van der Waals surface area contributed by atoms with Gasteiger partial charge in [-0.05, 0) is 131 Å². The number of fused-ring (bicyclic) bond motifs is 6. The molecule has 1 aromatic heterocycles. The van der Waals surface area contributed by atoms with Gasteiger partial charge in [0.25, 0.3) is 5.91 Å². The first kappa shape index (κ1) is 41.0. The Balaban J connectivity index is 0.000000155. The first-order chi connectivity index (χ1) is 28.2. The monoisotopic (exact) mass is 828 g/mol. The van der Waals surface area contributed by atoms with Crippen molar-refractivity contribution in [2.75, 3.05) is 14.1 Å². The van der Waals surface area contributed by atoms with Crippen LogP contribution in [0.3, 0.4) is 0 Å². The molecule has 8 N–H and O–H groups in total. The number of nitrogens with two attached hydrogens (primary N) is 1. The Hall–Kier alpha value is -4.34. The number of likely N-dealkylation sites (N-methyl/N-ethyl adjacent to an activating group) is 1. The topological polar surface area (TPSA) is 245 Å². The van der Waals surface area contributed by atoms with Crippen molar-refractivity contribution in [1.29, 1.82) is 0 Å². The third kappa shape index (κ3) is 5.23. The molecule has 1 spiro atoms. The Morgan fingerprint density at radius 2 is 1.60 bits per heavy atom. The predicted octanol–water partition coefficient (Wildman–Crippen LogP) is 3.89. The molecule has 1 amide bonds. The van der Waals surface area contributed by atoms with Crippen LogP contribution in [0.15, 0.2) is 62.7 Å². The Labute approximate surface area is 347 Å². The van der Waals surface area contributed by atoms with Crippen molar-refractivity contribution in [3.05, 3.63) is 80.6 Å². The fourth-order valence-corrected chi connectivity index (χ4v) is 14.2. The molecule has 2 aromatic rings. The van der Waals surface area contributed by atoms with E-state index in [1.54, 1.807) is 12.3 Å². The van der Waals surface area contributed by atoms with Crippen molar-refractivity contribution in [3.63, 3.8) is 0 Å². The first-order valence-corrected chi connectivity index (χ1v) is 21.3. The van der Waals surface area contributed by atoms with Crippen LogP contribution in [0, 0.1) is 40.4 Å². The molecular weight excluding hydrogens is 773 g/mol. The Morgan fingerprint density at radius 3 is 2.27 bits per heavy atom. The number of epoxide rings is 1. The van der Waals surface area contributed by atoms with Gasteiger partial charge in [0.15, 0.2) is 11.4 Å². The summed E-state index contributed by atoms with van der Waals surface area (Å²) < 4.78 is 11.8. The minimum absolute atomic E-state index is 0.0285. The minimum atomic E-state index is -2.75. The third-order valence-electron chi connectivity index (χ3n) is 17.2. The van der Waals surface area contributed by atoms with E-state index in [0.717, 1.165) is 25.2 Å². The molecular formula is C46H56N2O12. The number of phenolic OH excluding ortho intramolecular Hbond substituents is 1. The maximum Gasteiger partial charge on any atom is 0.335 e. The van der Waals surface area contributed by atoms with Crippen LogP contribution in [0.25, 0.3) is 5.76 Å². The second kappa shape index (κ2) is 13.3. The largest absolute Gasteiger partial charge is 0.508 e. The van der Waals surface area contributed by atoms with E-state index < -0.39 is 75.0 Å². The van der Waals surface area contributed by atoms with Gasteiger partial charge in [-0.1, -0.05) is 26.0 Å². The average molecular weight is 829 g/mol. The summed E-state index contributed by atoms with van der Waals surface area (Å²) in [5, 5.41) is 65.1. The highest BCUT2D eigenvalue weighted by molar-refractivity contribution is 6.24. The van der Waals surface area contributed by atoms with Gasteiger partial charge >= 0.3 is 5.63 Å². The fraction of sp³-hybridized carbons (Fsp3) is 0.609. The molecule has 7 aliphatic carbocycles. The third-order valence-corrected chi connectivity index (χ3v) is 17.2. The number of hydrogen-bond donors (Lipinski definition) is 7. The second-order valence-electron chi connectivity index (χ2n) is 19.9. The number of benzene rings is 1. The predicted molar refractivity (Wildman–Crippen MR) is 215 cm³/mol. The Bertz CT molecular complexity index is 2310. The maximum absolute atomic E-state index is 13.7. The summed E-state index contributed by atoms with van der Waals surface area (Å²) in [7, 11) is 3.01. The number of hydrogen-bond acceptors (Lipinski definition) is 13. The summed E-state index contributed by atoms with van der Waals surface area (Å²) >= 11 is 0. The molecule has 1 saturated heterocycles. The van der Waals surface area contributed by atoms with E-state index in [2.05, 4.69) is 13.8 Å². The van der Waals surface area contributed by atoms with Crippen molar-refractivity contribution in [2.45, 2.75) is 120 Å². The van der Waals surface area contributed by atoms with Gasteiger partial charge in [0, 0.05) is 28.9 Å². The Morgan fingerprint density at radius 1 is 0.867 bits per heavy atom. The molecule has 6 fully saturated rings. The van der Waals surface area contributed by atoms with Gasteiger partial charge in [-0.25, -0.2) is 4.79 Å². The molecule has 0 unspecified atom stereocenters. The number of ether oxygens (including phenoxy) is 1. The highest BCUT2D eigenvalue weighted by atomic mass is 16.6. The number of carbonyl (C=O) groups excluding carboxylic acids is 3. The fourth-order valence-electron chi connectivity index (χ4n) is 14.2. The van der Waals surface area contributed by atoms with E-state index in [0.29, 0.717) is 29.3 Å². The van der Waals surface area contributed by atoms with Crippen LogP contribution in [0.1, 0.15) is 101 Å². The van der Waals surface area contributed by atoms with E-state index in [1.807, 2.05) is 6.07 Å². The zero-order chi connectivity index (χ0) is 43.2. The van der Waals surface area contributed by atoms with Crippen molar-refractivity contribution in [1.82, 2.24) is 4.90 Å². The van der Waals surface area contributed by atoms with Gasteiger partial charge in [-0.15, -0.1) is 0 Å². The molecule has 0 bridgehead atoms. The molecule has 1 aromatic carbocycles. The highest BCUT2D eigenvalue weighted by Crippen LogP contribution is 2.78. The lowest BCUT2D eigenvalue weighted by molar-refractivity contribution is -0.159. The van der Waals surface area contributed by atoms with E-state index in [1.165, 1.54) is 81.8 Å². The number of phenols is 1. The number of carbonyl (C=O) groups is 3. The first-order valence-electron chi connectivity index (χ1n) is 21.3. The van der Waals surface area contributed by atoms with Gasteiger partial charge in [0.05, 0.1) is 35.7 Å². The van der Waals surface area contributed by atoms with E-state index in [9.17, 15) is 49.8 Å². The minimum Gasteiger partial charge on any atom is -0.508 e. The molecule has 14 atom stereocenters. The van der Waals surface area contributed by atoms with Crippen LogP contribution in [0.5, 0.6) is 5.75 Å². The summed E-state index contributed by atoms with van der Waals surface area (Å²) in [6.45, 7) is 6.38.